The lowest BCUT2D eigenvalue weighted by Gasteiger charge is -2.43. The highest BCUT2D eigenvalue weighted by molar-refractivity contribution is 7.85. The van der Waals surface area contributed by atoms with E-state index in [2.05, 4.69) is 42.2 Å². The van der Waals surface area contributed by atoms with Gasteiger partial charge in [-0.1, -0.05) is 65.3 Å². The SMILES string of the molecule is CC[C@H](C)[C@@H]1NC(=O)CNC(=O)[C@@H]2CC(=O)[C@H]([C@@H](C)[C@@H](O)CO)NC(=O)C3(C(=O)N(C)CCN(CCOCCOCCOCCOCCC(=O)N4CCC(C(=O)O)CC4)C(=O)OCc4ccc(CC(=O)[C@H](CCCNC(N)=O)NC(=O)[C@@H](CC(=O)CCOCCOCCOCCOCCOC)C(C)C)cc4)Oc4ccc5c(c([nH]c5c4)S(=O)C[C@H](NC(=O)CNC1=O)C(=O)C[C@@H](CC(N)=O)C(=O)N1C[C@H](O)C[C@H]13)C2. The number of hydrogen-bond donors (Lipinski definition) is 14. The number of carboxylic acid groups (broad SMARTS) is 1. The van der Waals surface area contributed by atoms with Crippen molar-refractivity contribution in [2.45, 2.75) is 184 Å². The zero-order chi connectivity index (χ0) is 105. The van der Waals surface area contributed by atoms with Crippen molar-refractivity contribution in [3.8, 4) is 5.75 Å². The first-order valence-corrected chi connectivity index (χ1v) is 50.2. The fraction of sp³-hybridized carbons (Fsp3) is 0.677. The van der Waals surface area contributed by atoms with Gasteiger partial charge in [-0.2, -0.15) is 0 Å². The van der Waals surface area contributed by atoms with E-state index in [1.54, 1.807) is 64.0 Å². The van der Waals surface area contributed by atoms with Crippen molar-refractivity contribution in [2.75, 3.05) is 198 Å². The molecule has 144 heavy (non-hydrogen) atoms. The van der Waals surface area contributed by atoms with Crippen molar-refractivity contribution < 1.29 is 158 Å². The van der Waals surface area contributed by atoms with Crippen LogP contribution < -0.4 is 53.4 Å². The van der Waals surface area contributed by atoms with Crippen molar-refractivity contribution >= 4 is 122 Å². The van der Waals surface area contributed by atoms with Gasteiger partial charge in [-0.3, -0.25) is 76.1 Å². The summed E-state index contributed by atoms with van der Waals surface area (Å²) in [4.78, 5) is 251. The molecule has 0 spiro atoms. The Morgan fingerprint density at radius 2 is 1.28 bits per heavy atom. The molecule has 9 rings (SSSR count). The van der Waals surface area contributed by atoms with Crippen LogP contribution in [0.5, 0.6) is 5.75 Å². The number of aliphatic hydroxyl groups excluding tert-OH is 3. The van der Waals surface area contributed by atoms with Crippen molar-refractivity contribution in [2.24, 2.45) is 52.9 Å². The second-order valence-electron chi connectivity index (χ2n) is 36.7. The van der Waals surface area contributed by atoms with Gasteiger partial charge in [0.25, 0.3) is 17.4 Å². The van der Waals surface area contributed by atoms with Crippen LogP contribution in [0, 0.1) is 41.4 Å². The van der Waals surface area contributed by atoms with Crippen LogP contribution in [0.2, 0.25) is 0 Å². The molecule has 6 aliphatic heterocycles. The summed E-state index contributed by atoms with van der Waals surface area (Å²) in [5, 5.41) is 61.6. The van der Waals surface area contributed by atoms with E-state index in [-0.39, 0.29) is 169 Å². The second-order valence-corrected chi connectivity index (χ2v) is 38.2. The molecular formula is C96H144N14O33S. The van der Waals surface area contributed by atoms with Crippen LogP contribution in [0.3, 0.4) is 0 Å². The maximum atomic E-state index is 16.8. The van der Waals surface area contributed by atoms with Crippen molar-refractivity contribution in [1.29, 1.82) is 0 Å². The fourth-order valence-corrected chi connectivity index (χ4v) is 18.7. The van der Waals surface area contributed by atoms with E-state index >= 15 is 33.0 Å². The van der Waals surface area contributed by atoms with Gasteiger partial charge < -0.3 is 146 Å². The molecule has 1 aromatic heterocycles. The number of ketones is 4. The van der Waals surface area contributed by atoms with Gasteiger partial charge in [0.15, 0.2) is 17.3 Å². The number of Topliss-reactive ketones (excluding diaryl/α,β-unsaturated/α-hetero) is 4. The highest BCUT2D eigenvalue weighted by Crippen LogP contribution is 2.40. The van der Waals surface area contributed by atoms with E-state index in [4.69, 9.17) is 63.6 Å². The Morgan fingerprint density at radius 1 is 0.694 bits per heavy atom. The number of aromatic nitrogens is 1. The largest absolute Gasteiger partial charge is 0.481 e. The maximum Gasteiger partial charge on any atom is 0.410 e. The third kappa shape index (κ3) is 36.8. The van der Waals surface area contributed by atoms with E-state index in [9.17, 15) is 73.2 Å². The Hall–Kier alpha value is -11.2. The number of nitrogens with zero attached hydrogens (tertiary/aromatic N) is 4. The number of carboxylic acids is 1. The fourth-order valence-electron chi connectivity index (χ4n) is 17.3. The summed E-state index contributed by atoms with van der Waals surface area (Å²) in [7, 11) is 0.238. The topological polar surface area (TPSA) is 655 Å². The monoisotopic (exact) mass is 2050 g/mol. The van der Waals surface area contributed by atoms with Gasteiger partial charge in [-0.15, -0.1) is 0 Å². The molecule has 0 saturated carbocycles. The quantitative estimate of drug-likeness (QED) is 0.0213. The van der Waals surface area contributed by atoms with Crippen molar-refractivity contribution in [3.05, 3.63) is 59.2 Å². The first kappa shape index (κ1) is 118. The van der Waals surface area contributed by atoms with Crippen LogP contribution in [0.15, 0.2) is 47.5 Å². The first-order chi connectivity index (χ1) is 68.9. The summed E-state index contributed by atoms with van der Waals surface area (Å²) in [6.07, 6.45) is -7.74. The maximum absolute atomic E-state index is 16.8. The summed E-state index contributed by atoms with van der Waals surface area (Å²) in [6.45, 7) is 6.95. The number of benzene rings is 2. The van der Waals surface area contributed by atoms with Crippen LogP contribution in [0.1, 0.15) is 128 Å². The number of likely N-dealkylation sites (tertiary alicyclic amines) is 1. The van der Waals surface area contributed by atoms with Gasteiger partial charge in [0.05, 0.1) is 209 Å². The number of urea groups is 1. The van der Waals surface area contributed by atoms with E-state index < -0.39 is 267 Å². The van der Waals surface area contributed by atoms with Crippen LogP contribution in [0.4, 0.5) is 9.59 Å². The standard InChI is InChI=1S/C96H144N14O33S/c1-8-59(4)84-88(124)101-52-81(119)102-74-57-144(132)89-71-45-64(86(122)100-53-82(120)105-84)46-77(116)85(60(5)78(117)55-111)106-92(128)96(143-68-15-16-69(71)73(51-68)104-89,79-50-67(113)54-110(79)90(125)65(47-76(74)115)48-80(97)118)93(129)107(6)24-25-109(26-29-136-34-37-140-42-40-139-36-33-135-28-20-83(121)108-22-17-63(18-23-108)91(126)127)95(131)142-56-62-13-11-61(12-14-62)44-75(114)72(10-9-21-99-94(98)130)103-87(123)70(58(2)3)49-66(112)19-27-134-32-35-138-41-43-141-39-38-137-31-30-133-7/h11-16,51,58-60,63-65,67,70,72,74,78-79,84-85,104,111,113,117H,8-10,17-50,52-57H2,1-7H3,(H2,97,118)(H,100,122)(H,101,124)(H,102,119)(H,103,123)(H,105,120)(H,106,128)(H,126,127)(H3,98,99,130)/t59-,60-,64-,65-,67+,70-,72-,74-,78-,79-,84-,85-,96?,144?/m0/s1. The summed E-state index contributed by atoms with van der Waals surface area (Å²) >= 11 is 0. The number of nitrogens with two attached hydrogens (primary N) is 2. The number of hydrogen-bond acceptors (Lipinski definition) is 32. The van der Waals surface area contributed by atoms with E-state index in [1.807, 2.05) is 0 Å². The number of primary amides is 2. The molecule has 14 atom stereocenters. The summed E-state index contributed by atoms with van der Waals surface area (Å²) in [5.74, 6) is -22.1. The number of aromatic amines is 1. The minimum Gasteiger partial charge on any atom is -0.481 e. The number of carbonyl (C=O) groups is 17. The Balaban J connectivity index is 1.07. The number of ether oxygens (including phenoxy) is 11. The lowest BCUT2D eigenvalue weighted by Crippen LogP contribution is -2.72. The number of aliphatic hydroxyl groups is 3. The highest BCUT2D eigenvalue weighted by atomic mass is 32.2. The van der Waals surface area contributed by atoms with Crippen molar-refractivity contribution in [1.82, 2.24) is 61.8 Å². The van der Waals surface area contributed by atoms with Gasteiger partial charge in [-0.05, 0) is 72.8 Å². The van der Waals surface area contributed by atoms with Gasteiger partial charge in [0.2, 0.25) is 47.3 Å². The van der Waals surface area contributed by atoms with Gasteiger partial charge in [0.1, 0.15) is 29.2 Å². The first-order valence-electron chi connectivity index (χ1n) is 48.9. The van der Waals surface area contributed by atoms with Crippen LogP contribution >= 0.6 is 0 Å². The average Bonchev–Trinajstić information content (AvgIpc) is 1.57. The lowest BCUT2D eigenvalue weighted by atomic mass is 9.83. The second kappa shape index (κ2) is 60.7. The number of rotatable bonds is 56. The highest BCUT2D eigenvalue weighted by Gasteiger charge is 2.63. The minimum atomic E-state index is -3.34. The summed E-state index contributed by atoms with van der Waals surface area (Å²) < 4.78 is 78.3. The molecule has 6 aliphatic rings. The normalized spacial score (nSPS) is 21.6. The zero-order valence-electron chi connectivity index (χ0n) is 83.0. The Bertz CT molecular complexity index is 4830. The molecule has 802 valence electrons. The number of aliphatic carboxylic acids is 1. The molecule has 3 aromatic rings. The van der Waals surface area contributed by atoms with E-state index in [0.717, 1.165) is 14.7 Å². The van der Waals surface area contributed by atoms with E-state index in [1.165, 1.54) is 32.2 Å². The molecular weight excluding hydrogens is 1910 g/mol. The number of likely N-dealkylation sites (N-methyl/N-ethyl adjacent to an activating group) is 1. The zero-order valence-corrected chi connectivity index (χ0v) is 83.8. The molecule has 16 N–H and O–H groups in total. The predicted octanol–water partition coefficient (Wildman–Crippen LogP) is -2.06. The number of H-pyrrole nitrogens is 1. The smallest absolute Gasteiger partial charge is 0.410 e. The number of nitrogens with one attached hydrogen (secondary N) is 8. The van der Waals surface area contributed by atoms with Gasteiger partial charge in [-0.25, -0.2) is 9.59 Å². The molecule has 2 aromatic carbocycles. The van der Waals surface area contributed by atoms with Crippen LogP contribution in [-0.4, -0.2) is 395 Å². The van der Waals surface area contributed by atoms with E-state index in [0.29, 0.717) is 83.1 Å². The molecule has 0 radical (unpaired) electrons. The van der Waals surface area contributed by atoms with Crippen LogP contribution in [-0.2, 0) is 150 Å². The molecule has 2 saturated heterocycles. The number of fused-ring (bicyclic) bond motifs is 8. The number of carbonyl (C=O) groups excluding carboxylic acids is 16. The molecule has 48 heteroatoms. The average molecular weight is 2050 g/mol. The third-order valence-electron chi connectivity index (χ3n) is 25.9. The Morgan fingerprint density at radius 3 is 1.88 bits per heavy atom. The number of amides is 13. The molecule has 7 heterocycles. The number of methoxy groups -OCH3 is 1. The van der Waals surface area contributed by atoms with Crippen LogP contribution in [0.25, 0.3) is 10.9 Å². The molecule has 13 amide bonds. The summed E-state index contributed by atoms with van der Waals surface area (Å²) in [5.41, 5.74) is 8.78. The Labute approximate surface area is 837 Å². The van der Waals surface area contributed by atoms with Crippen molar-refractivity contribution in [3.63, 3.8) is 0 Å². The predicted molar refractivity (Wildman–Crippen MR) is 512 cm³/mol. The molecule has 0 aliphatic carbocycles. The van der Waals surface area contributed by atoms with Gasteiger partial charge in [0, 0.05) is 134 Å². The molecule has 47 nitrogen and oxygen atoms in total. The third-order valence-corrected chi connectivity index (χ3v) is 27.3. The van der Waals surface area contributed by atoms with Gasteiger partial charge >= 0.3 is 18.1 Å². The lowest BCUT2D eigenvalue weighted by molar-refractivity contribution is -0.167. The number of piperidine rings is 1. The summed E-state index contributed by atoms with van der Waals surface area (Å²) in [6, 6.07) is 1.01. The molecule has 2 fully saturated rings. The molecule has 2 unspecified atom stereocenters. The molecule has 8 bridgehead atoms. The minimum absolute atomic E-state index is 0.00748. The Kier molecular flexibility index (Phi) is 49.8.